The van der Waals surface area contributed by atoms with E-state index in [9.17, 15) is 4.39 Å². The van der Waals surface area contributed by atoms with Crippen LogP contribution in [0.2, 0.25) is 0 Å². The second-order valence-electron chi connectivity index (χ2n) is 7.20. The highest BCUT2D eigenvalue weighted by atomic mass is 127. The first kappa shape index (κ1) is 26.1. The number of hydrogen-bond acceptors (Lipinski definition) is 5. The highest BCUT2D eigenvalue weighted by Gasteiger charge is 2.23. The quantitative estimate of drug-likeness (QED) is 0.295. The van der Waals surface area contributed by atoms with Gasteiger partial charge in [0.25, 0.3) is 0 Å². The summed E-state index contributed by atoms with van der Waals surface area (Å²) in [6.45, 7) is 4.23. The topological polar surface area (TPSA) is 67.4 Å². The Balaban J connectivity index is 0.00000363. The Morgan fingerprint density at radius 1 is 1.09 bits per heavy atom. The molecule has 2 N–H and O–H groups in total. The molecule has 32 heavy (non-hydrogen) atoms. The number of benzene rings is 2. The number of aliphatic imine (C=N–C) groups is 1. The highest BCUT2D eigenvalue weighted by Crippen LogP contribution is 2.24. The van der Waals surface area contributed by atoms with Gasteiger partial charge in [0.2, 0.25) is 0 Å². The van der Waals surface area contributed by atoms with Crippen molar-refractivity contribution in [2.75, 3.05) is 54.1 Å². The fraction of sp³-hybridized carbons (Fsp3) is 0.435. The van der Waals surface area contributed by atoms with Gasteiger partial charge < -0.3 is 24.8 Å². The van der Waals surface area contributed by atoms with Crippen LogP contribution in [-0.4, -0.2) is 65.0 Å². The maximum Gasteiger partial charge on any atom is 0.191 e. The molecule has 2 aromatic rings. The van der Waals surface area contributed by atoms with E-state index in [0.29, 0.717) is 32.3 Å². The van der Waals surface area contributed by atoms with E-state index < -0.39 is 0 Å². The molecule has 0 saturated carbocycles. The lowest BCUT2D eigenvalue weighted by atomic mass is 10.0. The van der Waals surface area contributed by atoms with Crippen molar-refractivity contribution < 1.29 is 18.6 Å². The van der Waals surface area contributed by atoms with Crippen LogP contribution in [0.3, 0.4) is 0 Å². The molecule has 0 aliphatic carbocycles. The van der Waals surface area contributed by atoms with E-state index in [4.69, 9.17) is 14.2 Å². The summed E-state index contributed by atoms with van der Waals surface area (Å²) in [5.41, 5.74) is 2.05. The lowest BCUT2D eigenvalue weighted by Crippen LogP contribution is -2.46. The second kappa shape index (κ2) is 13.4. The number of rotatable bonds is 8. The van der Waals surface area contributed by atoms with E-state index >= 15 is 0 Å². The number of halogens is 2. The van der Waals surface area contributed by atoms with E-state index in [-0.39, 0.29) is 35.8 Å². The third-order valence-electron chi connectivity index (χ3n) is 5.37. The van der Waals surface area contributed by atoms with Crippen molar-refractivity contribution in [3.8, 4) is 11.5 Å². The molecule has 1 aliphatic heterocycles. The van der Waals surface area contributed by atoms with Gasteiger partial charge >= 0.3 is 0 Å². The summed E-state index contributed by atoms with van der Waals surface area (Å²) in [7, 11) is 5.01. The summed E-state index contributed by atoms with van der Waals surface area (Å²) in [4.78, 5) is 6.69. The van der Waals surface area contributed by atoms with Gasteiger partial charge in [-0.25, -0.2) is 4.39 Å². The Bertz CT molecular complexity index is 861. The predicted octanol–water partition coefficient (Wildman–Crippen LogP) is 3.20. The van der Waals surface area contributed by atoms with Gasteiger partial charge in [-0.2, -0.15) is 0 Å². The number of methoxy groups -OCH3 is 2. The van der Waals surface area contributed by atoms with Gasteiger partial charge in [-0.05, 0) is 29.8 Å². The number of nitrogens with zero attached hydrogens (tertiary/aromatic N) is 2. The molecule has 9 heteroatoms. The van der Waals surface area contributed by atoms with Crippen LogP contribution in [-0.2, 0) is 11.3 Å². The lowest BCUT2D eigenvalue weighted by Gasteiger charge is -2.35. The van der Waals surface area contributed by atoms with E-state index in [0.717, 1.165) is 35.7 Å². The first-order valence-corrected chi connectivity index (χ1v) is 10.4. The smallest absolute Gasteiger partial charge is 0.191 e. The molecule has 2 aromatic carbocycles. The number of hydrogen-bond donors (Lipinski definition) is 2. The third kappa shape index (κ3) is 7.21. The summed E-state index contributed by atoms with van der Waals surface area (Å²) in [6, 6.07) is 12.5. The van der Waals surface area contributed by atoms with Crippen molar-refractivity contribution in [1.29, 1.82) is 0 Å². The molecule has 1 fully saturated rings. The Hall–Kier alpha value is -2.11. The molecule has 176 valence electrons. The Kier molecular flexibility index (Phi) is 11.0. The van der Waals surface area contributed by atoms with Gasteiger partial charge in [-0.1, -0.05) is 12.1 Å². The molecule has 1 aliphatic rings. The normalized spacial score (nSPS) is 15.4. The van der Waals surface area contributed by atoms with Crippen LogP contribution in [0, 0.1) is 5.82 Å². The van der Waals surface area contributed by atoms with Crippen LogP contribution >= 0.6 is 24.0 Å². The van der Waals surface area contributed by atoms with Crippen LogP contribution < -0.4 is 20.1 Å². The molecular weight excluding hydrogens is 526 g/mol. The summed E-state index contributed by atoms with van der Waals surface area (Å²) in [5, 5.41) is 6.74. The number of ether oxygens (including phenoxy) is 3. The summed E-state index contributed by atoms with van der Waals surface area (Å²) in [5.74, 6) is 1.94. The molecule has 0 bridgehead atoms. The van der Waals surface area contributed by atoms with Crippen LogP contribution in [0.25, 0.3) is 0 Å². The number of morpholine rings is 1. The average Bonchev–Trinajstić information content (AvgIpc) is 2.82. The second-order valence-corrected chi connectivity index (χ2v) is 7.20. The van der Waals surface area contributed by atoms with E-state index in [2.05, 4.69) is 20.5 Å². The molecular formula is C23H32FIN4O3. The molecule has 3 rings (SSSR count). The van der Waals surface area contributed by atoms with Crippen molar-refractivity contribution in [2.45, 2.75) is 12.6 Å². The Morgan fingerprint density at radius 2 is 1.81 bits per heavy atom. The van der Waals surface area contributed by atoms with Crippen molar-refractivity contribution in [3.05, 3.63) is 59.4 Å². The largest absolute Gasteiger partial charge is 0.497 e. The van der Waals surface area contributed by atoms with Crippen LogP contribution in [0.1, 0.15) is 17.2 Å². The maximum absolute atomic E-state index is 13.4. The van der Waals surface area contributed by atoms with E-state index in [1.165, 1.54) is 12.1 Å². The zero-order valence-electron chi connectivity index (χ0n) is 18.8. The zero-order chi connectivity index (χ0) is 22.1. The monoisotopic (exact) mass is 558 g/mol. The van der Waals surface area contributed by atoms with Crippen LogP contribution in [0.15, 0.2) is 47.5 Å². The Morgan fingerprint density at radius 3 is 2.44 bits per heavy atom. The zero-order valence-corrected chi connectivity index (χ0v) is 21.1. The third-order valence-corrected chi connectivity index (χ3v) is 5.37. The first-order valence-electron chi connectivity index (χ1n) is 10.4. The maximum atomic E-state index is 13.4. The van der Waals surface area contributed by atoms with Crippen LogP contribution in [0.5, 0.6) is 11.5 Å². The molecule has 0 radical (unpaired) electrons. The standard InChI is InChI=1S/C23H31FN4O3.HI/c1-25-23(26-15-18-6-9-20(29-2)14-22(18)30-3)27-16-21(28-10-12-31-13-11-28)17-4-7-19(24)8-5-17;/h4-9,14,21H,10-13,15-16H2,1-3H3,(H2,25,26,27);1H. The number of guanidine groups is 1. The summed E-state index contributed by atoms with van der Waals surface area (Å²) < 4.78 is 29.7. The molecule has 1 heterocycles. The fourth-order valence-electron chi connectivity index (χ4n) is 3.62. The highest BCUT2D eigenvalue weighted by molar-refractivity contribution is 14.0. The minimum absolute atomic E-state index is 0. The Labute approximate surface area is 206 Å². The van der Waals surface area contributed by atoms with Gasteiger partial charge in [0.15, 0.2) is 5.96 Å². The van der Waals surface area contributed by atoms with Gasteiger partial charge in [-0.3, -0.25) is 9.89 Å². The van der Waals surface area contributed by atoms with E-state index in [1.807, 2.05) is 30.3 Å². The van der Waals surface area contributed by atoms with Crippen molar-refractivity contribution >= 4 is 29.9 Å². The number of nitrogens with one attached hydrogen (secondary N) is 2. The SMILES string of the molecule is CN=C(NCc1ccc(OC)cc1OC)NCC(c1ccc(F)cc1)N1CCOCC1.I. The van der Waals surface area contributed by atoms with Crippen LogP contribution in [0.4, 0.5) is 4.39 Å². The molecule has 1 saturated heterocycles. The van der Waals surface area contributed by atoms with Crippen molar-refractivity contribution in [2.24, 2.45) is 4.99 Å². The average molecular weight is 558 g/mol. The first-order chi connectivity index (χ1) is 15.1. The molecule has 0 amide bonds. The summed E-state index contributed by atoms with van der Waals surface area (Å²) >= 11 is 0. The van der Waals surface area contributed by atoms with Gasteiger partial charge in [0.1, 0.15) is 17.3 Å². The van der Waals surface area contributed by atoms with Crippen molar-refractivity contribution in [3.63, 3.8) is 0 Å². The molecule has 1 atom stereocenters. The minimum atomic E-state index is -0.233. The van der Waals surface area contributed by atoms with Gasteiger partial charge in [0, 0.05) is 44.9 Å². The van der Waals surface area contributed by atoms with E-state index in [1.54, 1.807) is 21.3 Å². The van der Waals surface area contributed by atoms with Gasteiger partial charge in [0.05, 0.1) is 33.5 Å². The summed E-state index contributed by atoms with van der Waals surface area (Å²) in [6.07, 6.45) is 0. The molecule has 7 nitrogen and oxygen atoms in total. The van der Waals surface area contributed by atoms with Gasteiger partial charge in [-0.15, -0.1) is 24.0 Å². The fourth-order valence-corrected chi connectivity index (χ4v) is 3.62. The molecule has 1 unspecified atom stereocenters. The molecule has 0 spiro atoms. The predicted molar refractivity (Wildman–Crippen MR) is 135 cm³/mol. The lowest BCUT2D eigenvalue weighted by molar-refractivity contribution is 0.0170. The van der Waals surface area contributed by atoms with Crippen molar-refractivity contribution in [1.82, 2.24) is 15.5 Å². The molecule has 0 aromatic heterocycles. The minimum Gasteiger partial charge on any atom is -0.497 e.